The molecule has 0 bridgehead atoms. The zero-order chi connectivity index (χ0) is 22.3. The van der Waals surface area contributed by atoms with Gasteiger partial charge in [0, 0.05) is 19.2 Å². The summed E-state index contributed by atoms with van der Waals surface area (Å²) in [5.41, 5.74) is 1.60. The predicted octanol–water partition coefficient (Wildman–Crippen LogP) is 3.20. The first kappa shape index (κ1) is 20.8. The molecule has 32 heavy (non-hydrogen) atoms. The SMILES string of the molecule is COc1ccc(CN2CCc3c(cc(=O)n4c3C(=O)NC43CCCCCCC3)C2=O)cc1. The zero-order valence-electron chi connectivity index (χ0n) is 18.5. The fourth-order valence-electron chi connectivity index (χ4n) is 5.54. The number of rotatable bonds is 3. The number of aromatic nitrogens is 1. The molecule has 3 aliphatic rings. The summed E-state index contributed by atoms with van der Waals surface area (Å²) in [6.45, 7) is 0.972. The van der Waals surface area contributed by atoms with Crippen LogP contribution in [0.15, 0.2) is 35.1 Å². The van der Waals surface area contributed by atoms with E-state index in [-0.39, 0.29) is 17.4 Å². The summed E-state index contributed by atoms with van der Waals surface area (Å²) >= 11 is 0. The molecule has 2 aliphatic heterocycles. The summed E-state index contributed by atoms with van der Waals surface area (Å²) in [5, 5.41) is 3.16. The first-order chi connectivity index (χ1) is 15.5. The molecule has 1 N–H and O–H groups in total. The molecule has 1 saturated carbocycles. The molecule has 5 rings (SSSR count). The number of carbonyl (C=O) groups is 2. The molecule has 1 aromatic carbocycles. The monoisotopic (exact) mass is 435 g/mol. The van der Waals surface area contributed by atoms with Crippen LogP contribution in [0.2, 0.25) is 0 Å². The van der Waals surface area contributed by atoms with Crippen molar-refractivity contribution < 1.29 is 14.3 Å². The van der Waals surface area contributed by atoms with Gasteiger partial charge in [-0.2, -0.15) is 0 Å². The topological polar surface area (TPSA) is 80.6 Å². The van der Waals surface area contributed by atoms with Crippen LogP contribution in [0.3, 0.4) is 0 Å². The van der Waals surface area contributed by atoms with Crippen molar-refractivity contribution >= 4 is 11.8 Å². The molecule has 0 atom stereocenters. The average Bonchev–Trinajstić information content (AvgIpc) is 3.08. The second kappa shape index (κ2) is 8.11. The van der Waals surface area contributed by atoms with E-state index in [2.05, 4.69) is 5.32 Å². The Morgan fingerprint density at radius 3 is 2.38 bits per heavy atom. The highest BCUT2D eigenvalue weighted by Crippen LogP contribution is 2.37. The van der Waals surface area contributed by atoms with Gasteiger partial charge < -0.3 is 15.0 Å². The van der Waals surface area contributed by atoms with E-state index in [0.717, 1.165) is 55.4 Å². The number of hydrogen-bond acceptors (Lipinski definition) is 4. The van der Waals surface area contributed by atoms with Gasteiger partial charge in [0.1, 0.15) is 17.1 Å². The molecule has 0 saturated heterocycles. The third-order valence-electron chi connectivity index (χ3n) is 7.17. The lowest BCUT2D eigenvalue weighted by molar-refractivity contribution is 0.0725. The minimum Gasteiger partial charge on any atom is -0.497 e. The number of methoxy groups -OCH3 is 1. The summed E-state index contributed by atoms with van der Waals surface area (Å²) in [7, 11) is 1.62. The summed E-state index contributed by atoms with van der Waals surface area (Å²) < 4.78 is 6.89. The van der Waals surface area contributed by atoms with Gasteiger partial charge in [-0.05, 0) is 55.4 Å². The van der Waals surface area contributed by atoms with Crippen LogP contribution in [0.5, 0.6) is 5.75 Å². The number of ether oxygens (including phenoxy) is 1. The number of pyridine rings is 1. The molecule has 1 aromatic heterocycles. The summed E-state index contributed by atoms with van der Waals surface area (Å²) in [4.78, 5) is 41.4. The van der Waals surface area contributed by atoms with Gasteiger partial charge in [0.25, 0.3) is 17.4 Å². The van der Waals surface area contributed by atoms with Crippen molar-refractivity contribution in [3.05, 3.63) is 63.1 Å². The lowest BCUT2D eigenvalue weighted by Gasteiger charge is -2.34. The average molecular weight is 436 g/mol. The number of nitrogens with zero attached hydrogens (tertiary/aromatic N) is 2. The maximum Gasteiger partial charge on any atom is 0.270 e. The maximum absolute atomic E-state index is 13.3. The molecule has 0 radical (unpaired) electrons. The van der Waals surface area contributed by atoms with Crippen LogP contribution in [0, 0.1) is 0 Å². The van der Waals surface area contributed by atoms with Crippen molar-refractivity contribution in [2.75, 3.05) is 13.7 Å². The van der Waals surface area contributed by atoms with Crippen molar-refractivity contribution in [2.24, 2.45) is 0 Å². The van der Waals surface area contributed by atoms with Crippen molar-refractivity contribution in [1.82, 2.24) is 14.8 Å². The third-order valence-corrected chi connectivity index (χ3v) is 7.17. The third kappa shape index (κ3) is 3.40. The van der Waals surface area contributed by atoms with Crippen molar-refractivity contribution in [3.63, 3.8) is 0 Å². The Kier molecular flexibility index (Phi) is 5.27. The molecule has 168 valence electrons. The van der Waals surface area contributed by atoms with Crippen LogP contribution < -0.4 is 15.6 Å². The van der Waals surface area contributed by atoms with E-state index in [1.807, 2.05) is 24.3 Å². The first-order valence-electron chi connectivity index (χ1n) is 11.6. The molecular weight excluding hydrogens is 406 g/mol. The van der Waals surface area contributed by atoms with Crippen LogP contribution in [0.1, 0.15) is 76.9 Å². The van der Waals surface area contributed by atoms with Gasteiger partial charge >= 0.3 is 0 Å². The maximum atomic E-state index is 13.3. The van der Waals surface area contributed by atoms with Crippen LogP contribution in [-0.2, 0) is 18.6 Å². The number of benzene rings is 1. The van der Waals surface area contributed by atoms with Gasteiger partial charge in [-0.15, -0.1) is 0 Å². The van der Waals surface area contributed by atoms with E-state index in [0.29, 0.717) is 30.8 Å². The lowest BCUT2D eigenvalue weighted by Crippen LogP contribution is -2.48. The molecule has 7 nitrogen and oxygen atoms in total. The van der Waals surface area contributed by atoms with E-state index in [9.17, 15) is 14.4 Å². The Morgan fingerprint density at radius 1 is 1.00 bits per heavy atom. The number of fused-ring (bicyclic) bond motifs is 4. The molecule has 1 fully saturated rings. The van der Waals surface area contributed by atoms with E-state index < -0.39 is 5.66 Å². The fraction of sp³-hybridized carbons (Fsp3) is 0.480. The molecular formula is C25H29N3O4. The van der Waals surface area contributed by atoms with E-state index in [4.69, 9.17) is 4.74 Å². The van der Waals surface area contributed by atoms with Gasteiger partial charge in [0.2, 0.25) is 0 Å². The van der Waals surface area contributed by atoms with Crippen molar-refractivity contribution in [2.45, 2.75) is 63.6 Å². The van der Waals surface area contributed by atoms with Crippen LogP contribution in [0.4, 0.5) is 0 Å². The van der Waals surface area contributed by atoms with Crippen LogP contribution in [0.25, 0.3) is 0 Å². The van der Waals surface area contributed by atoms with Gasteiger partial charge in [0.05, 0.1) is 12.7 Å². The predicted molar refractivity (Wildman–Crippen MR) is 120 cm³/mol. The normalized spacial score (nSPS) is 19.7. The lowest BCUT2D eigenvalue weighted by atomic mass is 9.90. The number of carbonyl (C=O) groups excluding carboxylic acids is 2. The van der Waals surface area contributed by atoms with E-state index in [1.165, 1.54) is 12.5 Å². The van der Waals surface area contributed by atoms with Crippen LogP contribution >= 0.6 is 0 Å². The van der Waals surface area contributed by atoms with Gasteiger partial charge in [0.15, 0.2) is 0 Å². The molecule has 0 unspecified atom stereocenters. The number of nitrogens with one attached hydrogen (secondary N) is 1. The van der Waals surface area contributed by atoms with Crippen molar-refractivity contribution in [1.29, 1.82) is 0 Å². The number of hydrogen-bond donors (Lipinski definition) is 1. The standard InChI is InChI=1S/C25H29N3O4/c1-32-18-9-7-17(8-10-18)16-27-14-11-19-20(24(27)31)15-21(29)28-22(19)23(30)26-25(28)12-5-3-2-4-6-13-25/h7-10,15H,2-6,11-14,16H2,1H3,(H,26,30). The summed E-state index contributed by atoms with van der Waals surface area (Å²) in [6.07, 6.45) is 7.50. The Morgan fingerprint density at radius 2 is 1.69 bits per heavy atom. The minimum atomic E-state index is -0.637. The molecule has 1 aliphatic carbocycles. The molecule has 7 heteroatoms. The summed E-state index contributed by atoms with van der Waals surface area (Å²) in [5.74, 6) is 0.367. The Labute approximate surface area is 187 Å². The Hall–Kier alpha value is -3.09. The van der Waals surface area contributed by atoms with E-state index >= 15 is 0 Å². The highest BCUT2D eigenvalue weighted by molar-refractivity contribution is 6.03. The Bertz CT molecular complexity index is 1110. The summed E-state index contributed by atoms with van der Waals surface area (Å²) in [6, 6.07) is 9.07. The fourth-order valence-corrected chi connectivity index (χ4v) is 5.54. The second-order valence-electron chi connectivity index (χ2n) is 9.14. The zero-order valence-corrected chi connectivity index (χ0v) is 18.5. The van der Waals surface area contributed by atoms with Gasteiger partial charge in [-0.25, -0.2) is 0 Å². The highest BCUT2D eigenvalue weighted by Gasteiger charge is 2.45. The first-order valence-corrected chi connectivity index (χ1v) is 11.6. The number of amides is 2. The molecule has 1 spiro atoms. The molecule has 2 aromatic rings. The quantitative estimate of drug-likeness (QED) is 0.803. The highest BCUT2D eigenvalue weighted by atomic mass is 16.5. The van der Waals surface area contributed by atoms with E-state index in [1.54, 1.807) is 16.6 Å². The molecule has 2 amide bonds. The largest absolute Gasteiger partial charge is 0.497 e. The van der Waals surface area contributed by atoms with Gasteiger partial charge in [-0.1, -0.05) is 31.4 Å². The minimum absolute atomic E-state index is 0.186. The second-order valence-corrected chi connectivity index (χ2v) is 9.14. The van der Waals surface area contributed by atoms with Crippen LogP contribution in [-0.4, -0.2) is 34.9 Å². The smallest absolute Gasteiger partial charge is 0.270 e. The Balaban J connectivity index is 1.48. The van der Waals surface area contributed by atoms with Gasteiger partial charge in [-0.3, -0.25) is 19.0 Å². The van der Waals surface area contributed by atoms with Crippen molar-refractivity contribution in [3.8, 4) is 5.75 Å². The molecule has 3 heterocycles.